The van der Waals surface area contributed by atoms with E-state index in [0.29, 0.717) is 10.0 Å². The lowest BCUT2D eigenvalue weighted by Gasteiger charge is -2.30. The molecule has 0 aromatic heterocycles. The van der Waals surface area contributed by atoms with Crippen LogP contribution in [0.15, 0.2) is 30.4 Å². The van der Waals surface area contributed by atoms with Crippen LogP contribution in [0.5, 0.6) is 0 Å². The van der Waals surface area contributed by atoms with E-state index >= 15 is 0 Å². The van der Waals surface area contributed by atoms with Crippen molar-refractivity contribution >= 4 is 29.2 Å². The summed E-state index contributed by atoms with van der Waals surface area (Å²) in [5, 5.41) is 4.58. The van der Waals surface area contributed by atoms with Gasteiger partial charge in [-0.2, -0.15) is 0 Å². The van der Waals surface area contributed by atoms with Gasteiger partial charge in [0.1, 0.15) is 0 Å². The Morgan fingerprint density at radius 1 is 1.38 bits per heavy atom. The molecule has 0 aliphatic carbocycles. The van der Waals surface area contributed by atoms with Gasteiger partial charge in [-0.3, -0.25) is 0 Å². The summed E-state index contributed by atoms with van der Waals surface area (Å²) in [7, 11) is 1.37. The summed E-state index contributed by atoms with van der Waals surface area (Å²) in [5.74, 6) is -0.282. The number of carbonyl (C=O) groups is 1. The highest BCUT2D eigenvalue weighted by Crippen LogP contribution is 2.31. The Hall–Kier alpha value is -1.03. The number of piperidine rings is 1. The van der Waals surface area contributed by atoms with Gasteiger partial charge in [-0.1, -0.05) is 41.8 Å². The number of carbonyl (C=O) groups excluding carboxylic acids is 1. The molecule has 2 atom stereocenters. The maximum absolute atomic E-state index is 11.4. The highest BCUT2D eigenvalue weighted by Gasteiger charge is 2.23. The molecule has 0 amide bonds. The number of ether oxygens (including phenoxy) is 1. The van der Waals surface area contributed by atoms with Crippen molar-refractivity contribution in [3.05, 3.63) is 46.0 Å². The summed E-state index contributed by atoms with van der Waals surface area (Å²) in [6, 6.07) is 5.90. The molecule has 1 fully saturated rings. The van der Waals surface area contributed by atoms with Gasteiger partial charge in [-0.25, -0.2) is 4.79 Å². The first-order chi connectivity index (χ1) is 10.1. The van der Waals surface area contributed by atoms with E-state index in [1.807, 2.05) is 18.2 Å². The predicted molar refractivity (Wildman–Crippen MR) is 86.0 cm³/mol. The van der Waals surface area contributed by atoms with Crippen LogP contribution >= 0.6 is 23.2 Å². The van der Waals surface area contributed by atoms with Gasteiger partial charge >= 0.3 is 5.97 Å². The average Bonchev–Trinajstić information content (AvgIpc) is 2.51. The molecule has 3 nitrogen and oxygen atoms in total. The van der Waals surface area contributed by atoms with Gasteiger partial charge in [0.2, 0.25) is 0 Å². The molecule has 0 bridgehead atoms. The topological polar surface area (TPSA) is 38.3 Å². The van der Waals surface area contributed by atoms with E-state index in [2.05, 4.69) is 10.1 Å². The van der Waals surface area contributed by atoms with Crippen LogP contribution in [-0.4, -0.2) is 25.7 Å². The molecule has 114 valence electrons. The molecule has 1 aliphatic heterocycles. The minimum absolute atomic E-state index is 0.0687. The second-order valence-electron chi connectivity index (χ2n) is 5.14. The summed E-state index contributed by atoms with van der Waals surface area (Å²) < 4.78 is 4.67. The van der Waals surface area contributed by atoms with E-state index in [4.69, 9.17) is 23.2 Å². The second kappa shape index (κ2) is 7.83. The van der Waals surface area contributed by atoms with Crippen LogP contribution < -0.4 is 5.32 Å². The van der Waals surface area contributed by atoms with Crippen LogP contribution in [0.3, 0.4) is 0 Å². The number of benzene rings is 1. The first kappa shape index (κ1) is 16.3. The minimum Gasteiger partial charge on any atom is -0.466 e. The van der Waals surface area contributed by atoms with E-state index in [1.54, 1.807) is 6.07 Å². The Morgan fingerprint density at radius 2 is 2.19 bits per heavy atom. The zero-order chi connectivity index (χ0) is 15.2. The third-order valence-electron chi connectivity index (χ3n) is 3.75. The molecule has 21 heavy (non-hydrogen) atoms. The minimum atomic E-state index is -0.351. The highest BCUT2D eigenvalue weighted by atomic mass is 35.5. The molecule has 5 heteroatoms. The van der Waals surface area contributed by atoms with E-state index in [0.717, 1.165) is 18.5 Å². The molecule has 1 heterocycles. The van der Waals surface area contributed by atoms with Gasteiger partial charge in [0, 0.05) is 18.0 Å². The van der Waals surface area contributed by atoms with Crippen molar-refractivity contribution in [2.45, 2.75) is 31.2 Å². The first-order valence-electron chi connectivity index (χ1n) is 7.06. The fourth-order valence-electron chi connectivity index (χ4n) is 2.63. The van der Waals surface area contributed by atoms with Gasteiger partial charge in [0.15, 0.2) is 0 Å². The molecule has 0 spiro atoms. The van der Waals surface area contributed by atoms with Crippen molar-refractivity contribution < 1.29 is 9.53 Å². The van der Waals surface area contributed by atoms with Crippen LogP contribution in [0.4, 0.5) is 0 Å². The molecule has 2 rings (SSSR count). The average molecular weight is 328 g/mol. The quantitative estimate of drug-likeness (QED) is 0.672. The normalized spacial score (nSPS) is 20.4. The molecule has 0 radical (unpaired) electrons. The molecule has 1 aromatic carbocycles. The van der Waals surface area contributed by atoms with E-state index in [1.165, 1.54) is 26.0 Å². The van der Waals surface area contributed by atoms with E-state index < -0.39 is 0 Å². The maximum atomic E-state index is 11.4. The van der Waals surface area contributed by atoms with Crippen LogP contribution in [0.1, 0.15) is 30.7 Å². The van der Waals surface area contributed by atoms with Gasteiger partial charge in [-0.15, -0.1) is 0 Å². The van der Waals surface area contributed by atoms with E-state index in [9.17, 15) is 4.79 Å². The van der Waals surface area contributed by atoms with Crippen LogP contribution in [0.2, 0.25) is 10.0 Å². The standard InChI is InChI=1S/C16H19Cl2NO2/c1-21-16(20)8-6-12(15-4-2-3-9-19-15)11-5-7-13(17)14(18)10-11/h5-8,10,12,15,19H,2-4,9H2,1H3/b8-6+/t12-,15-/m1/s1. The Labute approximate surface area is 135 Å². The number of nitrogens with one attached hydrogen (secondary N) is 1. The first-order valence-corrected chi connectivity index (χ1v) is 7.82. The lowest BCUT2D eigenvalue weighted by atomic mass is 9.86. The molecule has 1 aromatic rings. The zero-order valence-electron chi connectivity index (χ0n) is 11.9. The van der Waals surface area contributed by atoms with Gasteiger partial charge < -0.3 is 10.1 Å². The molecule has 0 unspecified atom stereocenters. The molecule has 1 aliphatic rings. The van der Waals surface area contributed by atoms with Crippen molar-refractivity contribution in [3.8, 4) is 0 Å². The highest BCUT2D eigenvalue weighted by molar-refractivity contribution is 6.42. The number of rotatable bonds is 4. The predicted octanol–water partition coefficient (Wildman–Crippen LogP) is 3.95. The summed E-state index contributed by atoms with van der Waals surface area (Å²) in [4.78, 5) is 11.4. The van der Waals surface area contributed by atoms with Crippen LogP contribution in [0, 0.1) is 0 Å². The fraction of sp³-hybridized carbons (Fsp3) is 0.438. The van der Waals surface area contributed by atoms with Crippen LogP contribution in [0.25, 0.3) is 0 Å². The smallest absolute Gasteiger partial charge is 0.330 e. The van der Waals surface area contributed by atoms with Crippen molar-refractivity contribution in [1.82, 2.24) is 5.32 Å². The monoisotopic (exact) mass is 327 g/mol. The lowest BCUT2D eigenvalue weighted by molar-refractivity contribution is -0.134. The molecule has 0 saturated carbocycles. The second-order valence-corrected chi connectivity index (χ2v) is 5.95. The fourth-order valence-corrected chi connectivity index (χ4v) is 2.94. The summed E-state index contributed by atoms with van der Waals surface area (Å²) >= 11 is 12.1. The molecular formula is C16H19Cl2NO2. The van der Waals surface area contributed by atoms with Crippen molar-refractivity contribution in [2.75, 3.05) is 13.7 Å². The largest absolute Gasteiger partial charge is 0.466 e. The van der Waals surface area contributed by atoms with Crippen LogP contribution in [-0.2, 0) is 9.53 Å². The number of esters is 1. The van der Waals surface area contributed by atoms with Crippen molar-refractivity contribution in [2.24, 2.45) is 0 Å². The third-order valence-corrected chi connectivity index (χ3v) is 4.49. The van der Waals surface area contributed by atoms with Crippen molar-refractivity contribution in [1.29, 1.82) is 0 Å². The third kappa shape index (κ3) is 4.47. The molecular weight excluding hydrogens is 309 g/mol. The number of methoxy groups -OCH3 is 1. The molecule has 1 saturated heterocycles. The van der Waals surface area contributed by atoms with Gasteiger partial charge in [0.05, 0.1) is 17.2 Å². The molecule has 1 N–H and O–H groups in total. The Kier molecular flexibility index (Phi) is 6.09. The summed E-state index contributed by atoms with van der Waals surface area (Å²) in [5.41, 5.74) is 1.05. The lowest BCUT2D eigenvalue weighted by Crippen LogP contribution is -2.38. The Bertz CT molecular complexity index is 525. The van der Waals surface area contributed by atoms with Gasteiger partial charge in [-0.05, 0) is 37.1 Å². The zero-order valence-corrected chi connectivity index (χ0v) is 13.5. The summed E-state index contributed by atoms with van der Waals surface area (Å²) in [6.45, 7) is 0.995. The number of halogens is 2. The maximum Gasteiger partial charge on any atom is 0.330 e. The Balaban J connectivity index is 2.27. The SMILES string of the molecule is COC(=O)/C=C/[C@H](c1ccc(Cl)c(Cl)c1)[C@H]1CCCCN1. The van der Waals surface area contributed by atoms with Gasteiger partial charge in [0.25, 0.3) is 0 Å². The number of hydrogen-bond donors (Lipinski definition) is 1. The summed E-state index contributed by atoms with van der Waals surface area (Å²) in [6.07, 6.45) is 6.79. The number of hydrogen-bond acceptors (Lipinski definition) is 3. The Morgan fingerprint density at radius 3 is 2.81 bits per heavy atom. The van der Waals surface area contributed by atoms with Crippen molar-refractivity contribution in [3.63, 3.8) is 0 Å². The van der Waals surface area contributed by atoms with E-state index in [-0.39, 0.29) is 17.9 Å².